The molecule has 1 aliphatic heterocycles. The molecule has 0 atom stereocenters. The number of piperidine rings is 1. The van der Waals surface area contributed by atoms with E-state index in [0.29, 0.717) is 61.7 Å². The summed E-state index contributed by atoms with van der Waals surface area (Å²) in [5.74, 6) is 1.57. The third-order valence-corrected chi connectivity index (χ3v) is 8.49. The topological polar surface area (TPSA) is 79.6 Å². The predicted molar refractivity (Wildman–Crippen MR) is 152 cm³/mol. The first-order chi connectivity index (χ1) is 18.8. The van der Waals surface area contributed by atoms with Gasteiger partial charge in [0.2, 0.25) is 0 Å². The fraction of sp³-hybridized carbons (Fsp3) is 0.448. The molecule has 2 heterocycles. The minimum atomic E-state index is -0.589. The number of methoxy groups -OCH3 is 2. The molecular formula is C29H31Cl2FN4O3. The minimum Gasteiger partial charge on any atom is -0.495 e. The van der Waals surface area contributed by atoms with E-state index in [1.54, 1.807) is 19.2 Å². The number of nitriles is 1. The number of likely N-dealkylation sites (tertiary alicyclic amines) is 1. The van der Waals surface area contributed by atoms with E-state index in [2.05, 4.69) is 21.3 Å². The summed E-state index contributed by atoms with van der Waals surface area (Å²) in [7, 11) is 3.10. The molecule has 1 aliphatic carbocycles. The highest BCUT2D eigenvalue weighted by molar-refractivity contribution is 6.37. The number of pyridine rings is 1. The first-order valence-corrected chi connectivity index (χ1v) is 13.8. The Labute approximate surface area is 237 Å². The highest BCUT2D eigenvalue weighted by atomic mass is 35.5. The van der Waals surface area contributed by atoms with E-state index < -0.39 is 6.17 Å². The van der Waals surface area contributed by atoms with Crippen LogP contribution in [0.5, 0.6) is 17.2 Å². The van der Waals surface area contributed by atoms with Crippen molar-refractivity contribution in [1.29, 1.82) is 5.26 Å². The quantitative estimate of drug-likeness (QED) is 0.272. The third-order valence-electron chi connectivity index (χ3n) is 7.88. The number of hydrogen-bond donors (Lipinski definition) is 1. The van der Waals surface area contributed by atoms with E-state index >= 15 is 0 Å². The fourth-order valence-corrected chi connectivity index (χ4v) is 6.12. The van der Waals surface area contributed by atoms with Gasteiger partial charge in [-0.15, -0.1) is 0 Å². The van der Waals surface area contributed by atoms with E-state index in [0.717, 1.165) is 51.7 Å². The van der Waals surface area contributed by atoms with Gasteiger partial charge in [-0.1, -0.05) is 23.2 Å². The summed E-state index contributed by atoms with van der Waals surface area (Å²) in [6.45, 7) is 3.51. The number of nitrogens with zero attached hydrogens (tertiary/aromatic N) is 3. The van der Waals surface area contributed by atoms with Gasteiger partial charge in [0.1, 0.15) is 18.0 Å². The van der Waals surface area contributed by atoms with Crippen molar-refractivity contribution in [3.63, 3.8) is 0 Å². The van der Waals surface area contributed by atoms with Crippen LogP contribution in [0.2, 0.25) is 10.0 Å². The summed E-state index contributed by atoms with van der Waals surface area (Å²) in [5.41, 5.74) is 2.31. The summed E-state index contributed by atoms with van der Waals surface area (Å²) < 4.78 is 30.4. The van der Waals surface area contributed by atoms with Crippen LogP contribution in [0.1, 0.15) is 37.7 Å². The molecular weight excluding hydrogens is 542 g/mol. The first kappa shape index (κ1) is 27.6. The lowest BCUT2D eigenvalue weighted by atomic mass is 9.62. The summed E-state index contributed by atoms with van der Waals surface area (Å²) in [6, 6.07) is 9.08. The zero-order chi connectivity index (χ0) is 27.6. The van der Waals surface area contributed by atoms with Gasteiger partial charge < -0.3 is 24.4 Å². The smallest absolute Gasteiger partial charge is 0.163 e. The van der Waals surface area contributed by atoms with Crippen LogP contribution in [0.3, 0.4) is 0 Å². The Morgan fingerprint density at radius 3 is 2.49 bits per heavy atom. The largest absolute Gasteiger partial charge is 0.495 e. The second-order valence-electron chi connectivity index (χ2n) is 10.3. The van der Waals surface area contributed by atoms with Gasteiger partial charge in [-0.25, -0.2) is 4.39 Å². The molecule has 2 aliphatic rings. The normalized spacial score (nSPS) is 17.0. The van der Waals surface area contributed by atoms with Crippen LogP contribution >= 0.6 is 23.2 Å². The maximum absolute atomic E-state index is 13.4. The number of hydrogen-bond acceptors (Lipinski definition) is 7. The van der Waals surface area contributed by atoms with Gasteiger partial charge >= 0.3 is 0 Å². The van der Waals surface area contributed by atoms with Crippen LogP contribution in [-0.4, -0.2) is 56.5 Å². The molecule has 0 amide bonds. The molecule has 5 rings (SSSR count). The number of aromatic nitrogens is 1. The Balaban J connectivity index is 1.29. The van der Waals surface area contributed by atoms with Gasteiger partial charge in [0.15, 0.2) is 11.5 Å². The second-order valence-corrected chi connectivity index (χ2v) is 11.1. The van der Waals surface area contributed by atoms with Crippen molar-refractivity contribution in [1.82, 2.24) is 9.88 Å². The van der Waals surface area contributed by atoms with Gasteiger partial charge in [0.25, 0.3) is 0 Å². The average molecular weight is 573 g/mol. The Kier molecular flexibility index (Phi) is 8.22. The lowest BCUT2D eigenvalue weighted by Crippen LogP contribution is -2.48. The number of anilines is 2. The van der Waals surface area contributed by atoms with Crippen molar-refractivity contribution >= 4 is 45.5 Å². The minimum absolute atomic E-state index is 0.266. The predicted octanol–water partition coefficient (Wildman–Crippen LogP) is 7.16. The molecule has 1 spiro atoms. The maximum Gasteiger partial charge on any atom is 0.163 e. The molecule has 1 saturated heterocycles. The van der Waals surface area contributed by atoms with Crippen LogP contribution in [0, 0.1) is 16.7 Å². The third kappa shape index (κ3) is 5.81. The van der Waals surface area contributed by atoms with Gasteiger partial charge in [-0.05, 0) is 62.7 Å². The van der Waals surface area contributed by atoms with E-state index in [1.807, 2.05) is 12.1 Å². The molecule has 10 heteroatoms. The molecule has 0 unspecified atom stereocenters. The number of benzene rings is 2. The SMILES string of the molecule is COc1cc(Nc2c(C#N)cnc3cc(OCCCN4CCC5(CC4)CC(F)C5)c(OC)cc23)c(Cl)cc1Cl. The molecule has 2 aromatic carbocycles. The maximum atomic E-state index is 13.4. The summed E-state index contributed by atoms with van der Waals surface area (Å²) >= 11 is 12.6. The molecule has 1 N–H and O–H groups in total. The van der Waals surface area contributed by atoms with Crippen molar-refractivity contribution in [2.75, 3.05) is 45.8 Å². The van der Waals surface area contributed by atoms with Crippen LogP contribution in [0.15, 0.2) is 30.5 Å². The fourth-order valence-electron chi connectivity index (χ4n) is 5.62. The van der Waals surface area contributed by atoms with Crippen LogP contribution in [0.4, 0.5) is 15.8 Å². The van der Waals surface area contributed by atoms with Crippen LogP contribution in [0.25, 0.3) is 10.9 Å². The molecule has 2 fully saturated rings. The Morgan fingerprint density at radius 2 is 1.82 bits per heavy atom. The monoisotopic (exact) mass is 572 g/mol. The van der Waals surface area contributed by atoms with Gasteiger partial charge in [-0.3, -0.25) is 4.98 Å². The molecule has 0 radical (unpaired) electrons. The molecule has 7 nitrogen and oxygen atoms in total. The lowest BCUT2D eigenvalue weighted by Gasteiger charge is -2.49. The molecule has 3 aromatic rings. The highest BCUT2D eigenvalue weighted by Crippen LogP contribution is 2.50. The lowest BCUT2D eigenvalue weighted by molar-refractivity contribution is -0.0289. The molecule has 0 bridgehead atoms. The number of nitrogens with one attached hydrogen (secondary N) is 1. The van der Waals surface area contributed by atoms with Crippen molar-refractivity contribution in [2.24, 2.45) is 5.41 Å². The molecule has 39 heavy (non-hydrogen) atoms. The van der Waals surface area contributed by atoms with Gasteiger partial charge in [-0.2, -0.15) is 5.26 Å². The van der Waals surface area contributed by atoms with Crippen LogP contribution < -0.4 is 19.5 Å². The standard InChI is InChI=1S/C29H31Cl2FN4O3/c1-37-25-13-24(21(30)11-22(25)31)35-28-18(16-33)17-34-23-12-27(26(38-2)10-20(23)28)39-9-3-6-36-7-4-29(5-8-36)14-19(32)15-29/h10-13,17,19H,3-9,14-15H2,1-2H3,(H,34,35). The number of alkyl halides is 1. The van der Waals surface area contributed by atoms with Crippen LogP contribution in [-0.2, 0) is 0 Å². The zero-order valence-electron chi connectivity index (χ0n) is 22.0. The Hall–Kier alpha value is -2.99. The van der Waals surface area contributed by atoms with E-state index in [4.69, 9.17) is 37.4 Å². The van der Waals surface area contributed by atoms with E-state index in [9.17, 15) is 9.65 Å². The van der Waals surface area contributed by atoms with E-state index in [1.165, 1.54) is 13.3 Å². The Morgan fingerprint density at radius 1 is 1.08 bits per heavy atom. The van der Waals surface area contributed by atoms with Crippen molar-refractivity contribution in [3.05, 3.63) is 46.1 Å². The zero-order valence-corrected chi connectivity index (χ0v) is 23.5. The Bertz CT molecular complexity index is 1400. The summed E-state index contributed by atoms with van der Waals surface area (Å²) in [6.07, 6.45) is 5.46. The second kappa shape index (κ2) is 11.6. The first-order valence-electron chi connectivity index (χ1n) is 13.0. The highest BCUT2D eigenvalue weighted by Gasteiger charge is 2.45. The van der Waals surface area contributed by atoms with Crippen molar-refractivity contribution < 1.29 is 18.6 Å². The average Bonchev–Trinajstić information content (AvgIpc) is 2.92. The number of rotatable bonds is 9. The number of ether oxygens (including phenoxy) is 3. The van der Waals surface area contributed by atoms with Crippen molar-refractivity contribution in [2.45, 2.75) is 38.3 Å². The molecule has 1 saturated carbocycles. The summed E-state index contributed by atoms with van der Waals surface area (Å²) in [5, 5.41) is 14.5. The van der Waals surface area contributed by atoms with Gasteiger partial charge in [0.05, 0.1) is 53.3 Å². The molecule has 1 aromatic heterocycles. The van der Waals surface area contributed by atoms with E-state index in [-0.39, 0.29) is 5.41 Å². The molecule has 206 valence electrons. The number of fused-ring (bicyclic) bond motifs is 1. The number of halogens is 3. The van der Waals surface area contributed by atoms with Gasteiger partial charge in [0, 0.05) is 30.3 Å². The van der Waals surface area contributed by atoms with Crippen molar-refractivity contribution in [3.8, 4) is 23.3 Å². The summed E-state index contributed by atoms with van der Waals surface area (Å²) in [4.78, 5) is 6.93.